The summed E-state index contributed by atoms with van der Waals surface area (Å²) in [6.07, 6.45) is 5.68. The first-order valence-corrected chi connectivity index (χ1v) is 7.47. The van der Waals surface area contributed by atoms with Crippen molar-refractivity contribution < 1.29 is 14.7 Å². The molecule has 0 unspecified atom stereocenters. The minimum atomic E-state index is -0.835. The van der Waals surface area contributed by atoms with Crippen molar-refractivity contribution in [2.75, 3.05) is 11.4 Å². The average molecular weight is 283 g/mol. The zero-order valence-corrected chi connectivity index (χ0v) is 11.6. The number of hydrogen-bond acceptors (Lipinski definition) is 2. The van der Waals surface area contributed by atoms with E-state index in [2.05, 4.69) is 0 Å². The Morgan fingerprint density at radius 1 is 1.10 bits per heavy atom. The van der Waals surface area contributed by atoms with Crippen LogP contribution in [0.25, 0.3) is 0 Å². The lowest BCUT2D eigenvalue weighted by atomic mass is 9.82. The molecular weight excluding hydrogens is 266 g/mol. The fourth-order valence-corrected chi connectivity index (χ4v) is 4.24. The average Bonchev–Trinajstić information content (AvgIpc) is 3.19. The van der Waals surface area contributed by atoms with Crippen LogP contribution in [0.3, 0.4) is 0 Å². The number of para-hydroxylation sites is 1. The van der Waals surface area contributed by atoms with Crippen molar-refractivity contribution in [3.8, 4) is 0 Å². The van der Waals surface area contributed by atoms with Gasteiger partial charge in [0.1, 0.15) is 0 Å². The van der Waals surface area contributed by atoms with E-state index in [1.165, 1.54) is 5.56 Å². The molecule has 0 saturated heterocycles. The van der Waals surface area contributed by atoms with Gasteiger partial charge in [-0.2, -0.15) is 0 Å². The standard InChI is InChI=1S/C17H17NO3/c19-16(18-8-7-10-3-1-2-4-13(10)18)14-11-5-6-12(9-11)15(14)17(20)21/h1-6,11-12,14-15H,7-9H2,(H,20,21)/t11-,12-,14+,15+/m0/s1. The number of fused-ring (bicyclic) bond motifs is 3. The molecule has 4 rings (SSSR count). The lowest BCUT2D eigenvalue weighted by Gasteiger charge is -2.28. The second-order valence-electron chi connectivity index (χ2n) is 6.21. The predicted molar refractivity (Wildman–Crippen MR) is 77.9 cm³/mol. The molecule has 4 heteroatoms. The number of aliphatic carboxylic acids is 1. The van der Waals surface area contributed by atoms with Gasteiger partial charge in [0, 0.05) is 12.2 Å². The highest BCUT2D eigenvalue weighted by atomic mass is 16.4. The molecule has 1 saturated carbocycles. The lowest BCUT2D eigenvalue weighted by Crippen LogP contribution is -2.42. The van der Waals surface area contributed by atoms with Gasteiger partial charge in [-0.05, 0) is 36.3 Å². The van der Waals surface area contributed by atoms with Gasteiger partial charge in [0.2, 0.25) is 5.91 Å². The van der Waals surface area contributed by atoms with Crippen molar-refractivity contribution in [2.45, 2.75) is 12.8 Å². The van der Waals surface area contributed by atoms with E-state index in [0.717, 1.165) is 18.5 Å². The van der Waals surface area contributed by atoms with E-state index in [9.17, 15) is 14.7 Å². The van der Waals surface area contributed by atoms with Gasteiger partial charge >= 0.3 is 5.97 Å². The Morgan fingerprint density at radius 3 is 2.57 bits per heavy atom. The van der Waals surface area contributed by atoms with Gasteiger partial charge in [-0.1, -0.05) is 30.4 Å². The van der Waals surface area contributed by atoms with Crippen LogP contribution in [0.5, 0.6) is 0 Å². The van der Waals surface area contributed by atoms with Gasteiger partial charge < -0.3 is 10.0 Å². The van der Waals surface area contributed by atoms with Crippen LogP contribution in [-0.4, -0.2) is 23.5 Å². The summed E-state index contributed by atoms with van der Waals surface area (Å²) in [6, 6.07) is 7.91. The van der Waals surface area contributed by atoms with Crippen molar-refractivity contribution in [1.82, 2.24) is 0 Å². The summed E-state index contributed by atoms with van der Waals surface area (Å²) in [5, 5.41) is 9.49. The van der Waals surface area contributed by atoms with Gasteiger partial charge in [-0.3, -0.25) is 9.59 Å². The largest absolute Gasteiger partial charge is 0.481 e. The van der Waals surface area contributed by atoms with Gasteiger partial charge in [0.25, 0.3) is 0 Å². The van der Waals surface area contributed by atoms with Crippen molar-refractivity contribution in [2.24, 2.45) is 23.7 Å². The molecule has 2 bridgehead atoms. The summed E-state index contributed by atoms with van der Waals surface area (Å²) in [6.45, 7) is 0.669. The first kappa shape index (κ1) is 12.6. The van der Waals surface area contributed by atoms with E-state index in [1.807, 2.05) is 36.4 Å². The summed E-state index contributed by atoms with van der Waals surface area (Å²) >= 11 is 0. The summed E-state index contributed by atoms with van der Waals surface area (Å²) in [7, 11) is 0. The summed E-state index contributed by atoms with van der Waals surface area (Å²) < 4.78 is 0. The third kappa shape index (κ3) is 1.75. The van der Waals surface area contributed by atoms with Crippen molar-refractivity contribution in [3.05, 3.63) is 42.0 Å². The number of amides is 1. The van der Waals surface area contributed by atoms with E-state index in [1.54, 1.807) is 4.90 Å². The smallest absolute Gasteiger partial charge is 0.307 e. The Kier molecular flexibility index (Phi) is 2.67. The summed E-state index contributed by atoms with van der Waals surface area (Å²) in [5.41, 5.74) is 2.13. The molecule has 1 amide bonds. The minimum Gasteiger partial charge on any atom is -0.481 e. The van der Waals surface area contributed by atoms with Gasteiger partial charge in [-0.15, -0.1) is 0 Å². The molecule has 0 radical (unpaired) electrons. The monoisotopic (exact) mass is 283 g/mol. The summed E-state index contributed by atoms with van der Waals surface area (Å²) in [5.74, 6) is -1.68. The summed E-state index contributed by atoms with van der Waals surface area (Å²) in [4.78, 5) is 26.3. The number of allylic oxidation sites excluding steroid dienone is 2. The van der Waals surface area contributed by atoms with Gasteiger partial charge in [-0.25, -0.2) is 0 Å². The Balaban J connectivity index is 1.67. The molecule has 1 N–H and O–H groups in total. The fourth-order valence-electron chi connectivity index (χ4n) is 4.24. The highest BCUT2D eigenvalue weighted by Crippen LogP contribution is 2.49. The normalized spacial score (nSPS) is 32.5. The molecule has 0 spiro atoms. The number of benzene rings is 1. The van der Waals surface area contributed by atoms with Crippen LogP contribution in [0.15, 0.2) is 36.4 Å². The molecule has 1 aliphatic heterocycles. The molecule has 0 aromatic heterocycles. The quantitative estimate of drug-likeness (QED) is 0.846. The number of rotatable bonds is 2. The Bertz CT molecular complexity index is 651. The predicted octanol–water partition coefficient (Wildman–Crippen LogP) is 2.10. The van der Waals surface area contributed by atoms with E-state index in [-0.39, 0.29) is 17.7 Å². The molecule has 1 fully saturated rings. The van der Waals surface area contributed by atoms with Crippen LogP contribution in [0.2, 0.25) is 0 Å². The maximum Gasteiger partial charge on any atom is 0.307 e. The molecule has 108 valence electrons. The SMILES string of the molecule is O=C(O)[C@H]1[C@H](C(=O)N2CCc3ccccc32)[C@H]2C=C[C@H]1C2. The Labute approximate surface area is 123 Å². The zero-order chi connectivity index (χ0) is 14.6. The number of hydrogen-bond donors (Lipinski definition) is 1. The van der Waals surface area contributed by atoms with Crippen LogP contribution in [0, 0.1) is 23.7 Å². The minimum absolute atomic E-state index is 0.01000. The van der Waals surface area contributed by atoms with Crippen LogP contribution in [0.1, 0.15) is 12.0 Å². The molecule has 1 aromatic rings. The van der Waals surface area contributed by atoms with Crippen molar-refractivity contribution >= 4 is 17.6 Å². The topological polar surface area (TPSA) is 57.6 Å². The van der Waals surface area contributed by atoms with Crippen molar-refractivity contribution in [1.29, 1.82) is 0 Å². The maximum atomic E-state index is 12.9. The molecule has 4 atom stereocenters. The molecule has 1 aromatic carbocycles. The second kappa shape index (κ2) is 4.45. The van der Waals surface area contributed by atoms with Crippen LogP contribution in [-0.2, 0) is 16.0 Å². The Morgan fingerprint density at radius 2 is 1.81 bits per heavy atom. The molecule has 2 aliphatic carbocycles. The van der Waals surface area contributed by atoms with Crippen LogP contribution >= 0.6 is 0 Å². The van der Waals surface area contributed by atoms with E-state index < -0.39 is 17.8 Å². The maximum absolute atomic E-state index is 12.9. The van der Waals surface area contributed by atoms with E-state index >= 15 is 0 Å². The lowest BCUT2D eigenvalue weighted by molar-refractivity contribution is -0.147. The first-order chi connectivity index (χ1) is 10.2. The zero-order valence-electron chi connectivity index (χ0n) is 11.6. The second-order valence-corrected chi connectivity index (χ2v) is 6.21. The van der Waals surface area contributed by atoms with Crippen LogP contribution in [0.4, 0.5) is 5.69 Å². The fraction of sp³-hybridized carbons (Fsp3) is 0.412. The molecule has 3 aliphatic rings. The van der Waals surface area contributed by atoms with Crippen LogP contribution < -0.4 is 4.90 Å². The third-order valence-electron chi connectivity index (χ3n) is 5.18. The molecule has 21 heavy (non-hydrogen) atoms. The third-order valence-corrected chi connectivity index (χ3v) is 5.18. The Hall–Kier alpha value is -2.10. The van der Waals surface area contributed by atoms with E-state index in [0.29, 0.717) is 6.54 Å². The van der Waals surface area contributed by atoms with Gasteiger partial charge in [0.05, 0.1) is 11.8 Å². The number of carbonyl (C=O) groups is 2. The number of nitrogens with zero attached hydrogens (tertiary/aromatic N) is 1. The van der Waals surface area contributed by atoms with Crippen molar-refractivity contribution in [3.63, 3.8) is 0 Å². The molecular formula is C17H17NO3. The number of anilines is 1. The highest BCUT2D eigenvalue weighted by molar-refractivity contribution is 5.99. The number of carbonyl (C=O) groups excluding carboxylic acids is 1. The first-order valence-electron chi connectivity index (χ1n) is 7.47. The van der Waals surface area contributed by atoms with Gasteiger partial charge in [0.15, 0.2) is 0 Å². The highest BCUT2D eigenvalue weighted by Gasteiger charge is 2.53. The number of carboxylic acid groups (broad SMARTS) is 1. The van der Waals surface area contributed by atoms with E-state index in [4.69, 9.17) is 0 Å². The molecule has 1 heterocycles. The molecule has 4 nitrogen and oxygen atoms in total. The number of carboxylic acids is 1.